The lowest BCUT2D eigenvalue weighted by atomic mass is 9.87. The first-order valence-electron chi connectivity index (χ1n) is 7.80. The second-order valence-electron chi connectivity index (χ2n) is 6.09. The van der Waals surface area contributed by atoms with Crippen molar-refractivity contribution in [3.63, 3.8) is 0 Å². The Morgan fingerprint density at radius 3 is 2.36 bits per heavy atom. The number of hydrogen-bond donors (Lipinski definition) is 3. The molecule has 0 saturated heterocycles. The SMILES string of the molecule is CC(O)c1ccc(N2C(N)=NC(N)=NC23CCCCC3)cc1. The van der Waals surface area contributed by atoms with Gasteiger partial charge in [0.05, 0.1) is 6.10 Å². The summed E-state index contributed by atoms with van der Waals surface area (Å²) in [5, 5.41) is 9.65. The van der Waals surface area contributed by atoms with E-state index in [9.17, 15) is 5.11 Å². The monoisotopic (exact) mass is 301 g/mol. The minimum Gasteiger partial charge on any atom is -0.389 e. The zero-order valence-corrected chi connectivity index (χ0v) is 12.9. The van der Waals surface area contributed by atoms with Crippen LogP contribution >= 0.6 is 0 Å². The number of benzene rings is 1. The van der Waals surface area contributed by atoms with Crippen molar-refractivity contribution in [1.29, 1.82) is 0 Å². The number of hydrogen-bond acceptors (Lipinski definition) is 6. The quantitative estimate of drug-likeness (QED) is 0.776. The first kappa shape index (κ1) is 14.8. The van der Waals surface area contributed by atoms with Gasteiger partial charge in [-0.25, -0.2) is 4.99 Å². The number of aliphatic hydroxyl groups is 1. The van der Waals surface area contributed by atoms with Crippen LogP contribution in [0.1, 0.15) is 50.7 Å². The van der Waals surface area contributed by atoms with Gasteiger partial charge in [-0.15, -0.1) is 0 Å². The molecule has 1 unspecified atom stereocenters. The van der Waals surface area contributed by atoms with Crippen molar-refractivity contribution in [2.24, 2.45) is 21.5 Å². The summed E-state index contributed by atoms with van der Waals surface area (Å²) < 4.78 is 0. The van der Waals surface area contributed by atoms with Gasteiger partial charge in [0.2, 0.25) is 11.9 Å². The molecule has 1 aromatic carbocycles. The first-order valence-corrected chi connectivity index (χ1v) is 7.80. The molecule has 1 spiro atoms. The van der Waals surface area contributed by atoms with Gasteiger partial charge in [0.1, 0.15) is 5.66 Å². The molecule has 0 aromatic heterocycles. The van der Waals surface area contributed by atoms with E-state index in [-0.39, 0.29) is 5.96 Å². The largest absolute Gasteiger partial charge is 0.389 e. The fourth-order valence-electron chi connectivity index (χ4n) is 3.40. The molecule has 1 fully saturated rings. The standard InChI is InChI=1S/C16H23N5O/c1-11(22)12-5-7-13(8-6-12)21-15(18)19-14(17)20-16(21)9-3-2-4-10-16/h5-8,11,22H,2-4,9-10H2,1H3,(H4,17,18,19,20). The molecule has 0 amide bonds. The third-order valence-electron chi connectivity index (χ3n) is 4.49. The normalized spacial score (nSPS) is 22.2. The third kappa shape index (κ3) is 2.54. The highest BCUT2D eigenvalue weighted by molar-refractivity contribution is 6.05. The van der Waals surface area contributed by atoms with E-state index in [1.807, 2.05) is 29.2 Å². The Labute approximate surface area is 130 Å². The second-order valence-corrected chi connectivity index (χ2v) is 6.09. The van der Waals surface area contributed by atoms with E-state index in [4.69, 9.17) is 11.5 Å². The van der Waals surface area contributed by atoms with Crippen LogP contribution in [0.2, 0.25) is 0 Å². The predicted octanol–water partition coefficient (Wildman–Crippen LogP) is 1.85. The molecule has 3 rings (SSSR count). The van der Waals surface area contributed by atoms with E-state index < -0.39 is 11.8 Å². The number of guanidine groups is 2. The van der Waals surface area contributed by atoms with Crippen LogP contribution in [0.3, 0.4) is 0 Å². The molecule has 1 atom stereocenters. The smallest absolute Gasteiger partial charge is 0.220 e. The number of aliphatic imine (C=N–C) groups is 2. The van der Waals surface area contributed by atoms with Gasteiger partial charge < -0.3 is 16.6 Å². The fraction of sp³-hybridized carbons (Fsp3) is 0.500. The molecule has 6 nitrogen and oxygen atoms in total. The summed E-state index contributed by atoms with van der Waals surface area (Å²) in [6.45, 7) is 1.75. The van der Waals surface area contributed by atoms with Crippen molar-refractivity contribution in [3.05, 3.63) is 29.8 Å². The molecule has 6 heteroatoms. The van der Waals surface area contributed by atoms with Crippen molar-refractivity contribution in [3.8, 4) is 0 Å². The Kier molecular flexibility index (Phi) is 3.78. The summed E-state index contributed by atoms with van der Waals surface area (Å²) in [6, 6.07) is 7.73. The molecule has 2 aliphatic rings. The van der Waals surface area contributed by atoms with Crippen molar-refractivity contribution in [2.45, 2.75) is 50.8 Å². The lowest BCUT2D eigenvalue weighted by Crippen LogP contribution is -2.58. The van der Waals surface area contributed by atoms with Gasteiger partial charge in [-0.3, -0.25) is 4.90 Å². The van der Waals surface area contributed by atoms with Gasteiger partial charge >= 0.3 is 0 Å². The van der Waals surface area contributed by atoms with Crippen LogP contribution in [0.5, 0.6) is 0 Å². The van der Waals surface area contributed by atoms with E-state index in [0.717, 1.165) is 36.9 Å². The average molecular weight is 301 g/mol. The maximum absolute atomic E-state index is 9.65. The minimum atomic E-state index is -0.487. The number of anilines is 1. The second kappa shape index (κ2) is 5.61. The van der Waals surface area contributed by atoms with Gasteiger partial charge in [0, 0.05) is 5.69 Å². The lowest BCUT2D eigenvalue weighted by molar-refractivity contribution is 0.199. The van der Waals surface area contributed by atoms with Crippen LogP contribution < -0.4 is 16.4 Å². The van der Waals surface area contributed by atoms with E-state index in [1.165, 1.54) is 6.42 Å². The third-order valence-corrected chi connectivity index (χ3v) is 4.49. The summed E-state index contributed by atoms with van der Waals surface area (Å²) in [5.74, 6) is 0.649. The topological polar surface area (TPSA) is 100 Å². The number of nitrogens with two attached hydrogens (primary N) is 2. The zero-order chi connectivity index (χ0) is 15.7. The molecule has 1 aliphatic carbocycles. The lowest BCUT2D eigenvalue weighted by Gasteiger charge is -2.45. The molecular weight excluding hydrogens is 278 g/mol. The van der Waals surface area contributed by atoms with E-state index in [1.54, 1.807) is 6.92 Å². The Morgan fingerprint density at radius 2 is 1.77 bits per heavy atom. The molecule has 118 valence electrons. The molecule has 0 radical (unpaired) electrons. The molecular formula is C16H23N5O. The summed E-state index contributed by atoms with van der Waals surface area (Å²) in [4.78, 5) is 10.8. The van der Waals surface area contributed by atoms with Crippen LogP contribution in [0.15, 0.2) is 34.3 Å². The summed E-state index contributed by atoms with van der Waals surface area (Å²) in [5.41, 5.74) is 13.4. The van der Waals surface area contributed by atoms with Crippen LogP contribution in [-0.4, -0.2) is 22.7 Å². The highest BCUT2D eigenvalue weighted by Gasteiger charge is 2.42. The maximum Gasteiger partial charge on any atom is 0.220 e. The van der Waals surface area contributed by atoms with Gasteiger partial charge in [-0.2, -0.15) is 4.99 Å². The predicted molar refractivity (Wildman–Crippen MR) is 88.6 cm³/mol. The van der Waals surface area contributed by atoms with Crippen molar-refractivity contribution in [1.82, 2.24) is 0 Å². The summed E-state index contributed by atoms with van der Waals surface area (Å²) in [7, 11) is 0. The maximum atomic E-state index is 9.65. The Hall–Kier alpha value is -2.08. The molecule has 1 aromatic rings. The van der Waals surface area contributed by atoms with E-state index in [2.05, 4.69) is 9.98 Å². The minimum absolute atomic E-state index is 0.260. The molecule has 0 bridgehead atoms. The first-order chi connectivity index (χ1) is 10.5. The summed E-state index contributed by atoms with van der Waals surface area (Å²) >= 11 is 0. The Morgan fingerprint density at radius 1 is 1.14 bits per heavy atom. The van der Waals surface area contributed by atoms with Crippen LogP contribution in [-0.2, 0) is 0 Å². The van der Waals surface area contributed by atoms with Crippen LogP contribution in [0, 0.1) is 0 Å². The zero-order valence-electron chi connectivity index (χ0n) is 12.9. The van der Waals surface area contributed by atoms with Gasteiger partial charge in [-0.05, 0) is 50.3 Å². The molecule has 22 heavy (non-hydrogen) atoms. The number of nitrogens with zero attached hydrogens (tertiary/aromatic N) is 3. The Bertz CT molecular complexity index is 599. The highest BCUT2D eigenvalue weighted by Crippen LogP contribution is 2.39. The fourth-order valence-corrected chi connectivity index (χ4v) is 3.40. The van der Waals surface area contributed by atoms with Crippen LogP contribution in [0.25, 0.3) is 0 Å². The number of aliphatic hydroxyl groups excluding tert-OH is 1. The Balaban J connectivity index is 2.00. The molecule has 1 saturated carbocycles. The van der Waals surface area contributed by atoms with Gasteiger partial charge in [0.15, 0.2) is 0 Å². The van der Waals surface area contributed by atoms with E-state index in [0.29, 0.717) is 5.96 Å². The average Bonchev–Trinajstić information content (AvgIpc) is 2.47. The van der Waals surface area contributed by atoms with Crippen molar-refractivity contribution < 1.29 is 5.11 Å². The molecule has 1 heterocycles. The highest BCUT2D eigenvalue weighted by atomic mass is 16.3. The van der Waals surface area contributed by atoms with E-state index >= 15 is 0 Å². The number of rotatable bonds is 2. The van der Waals surface area contributed by atoms with Gasteiger partial charge in [-0.1, -0.05) is 18.6 Å². The van der Waals surface area contributed by atoms with Crippen LogP contribution in [0.4, 0.5) is 5.69 Å². The molecule has 1 aliphatic heterocycles. The van der Waals surface area contributed by atoms with Gasteiger partial charge in [0.25, 0.3) is 0 Å². The molecule has 5 N–H and O–H groups in total. The van der Waals surface area contributed by atoms with Crippen molar-refractivity contribution in [2.75, 3.05) is 4.90 Å². The summed E-state index contributed by atoms with van der Waals surface area (Å²) in [6.07, 6.45) is 4.77. The van der Waals surface area contributed by atoms with Crippen molar-refractivity contribution >= 4 is 17.6 Å².